The number of amidine groups is 1. The largest absolute Gasteiger partial charge is 0.398 e. The van der Waals surface area contributed by atoms with Crippen molar-refractivity contribution in [3.63, 3.8) is 0 Å². The summed E-state index contributed by atoms with van der Waals surface area (Å²) in [5, 5.41) is 4.24. The van der Waals surface area contributed by atoms with Crippen LogP contribution in [0.25, 0.3) is 5.70 Å². The second-order valence-corrected chi connectivity index (χ2v) is 3.65. The quantitative estimate of drug-likeness (QED) is 0.658. The number of nitrogens with two attached hydrogens (primary N) is 1. The fourth-order valence-electron chi connectivity index (χ4n) is 1.99. The Hall–Kier alpha value is -1.97. The summed E-state index contributed by atoms with van der Waals surface area (Å²) >= 11 is 0. The zero-order valence-electron chi connectivity index (χ0n) is 8.27. The van der Waals surface area contributed by atoms with Gasteiger partial charge in [0.1, 0.15) is 12.5 Å². The van der Waals surface area contributed by atoms with E-state index in [2.05, 4.69) is 21.5 Å². The minimum atomic E-state index is 0.730. The molecular formula is C11H12N4. The van der Waals surface area contributed by atoms with Gasteiger partial charge in [0.15, 0.2) is 0 Å². The Morgan fingerprint density at radius 2 is 2.20 bits per heavy atom. The standard InChI is InChI=1S/C11H12N4/c12-9-5-6-11-14-13-7-15(11)10-4-2-1-3-8(9)10/h1-5,13H,6-7,12H2. The highest BCUT2D eigenvalue weighted by Gasteiger charge is 2.23. The maximum absolute atomic E-state index is 6.01. The van der Waals surface area contributed by atoms with E-state index in [4.69, 9.17) is 5.73 Å². The molecule has 2 heterocycles. The second-order valence-electron chi connectivity index (χ2n) is 3.65. The molecule has 0 bridgehead atoms. The molecule has 76 valence electrons. The van der Waals surface area contributed by atoms with Crippen molar-refractivity contribution in [2.45, 2.75) is 6.42 Å². The average Bonchev–Trinajstić information content (AvgIpc) is 2.69. The number of hydrogen-bond acceptors (Lipinski definition) is 4. The number of rotatable bonds is 0. The SMILES string of the molecule is NC1=CCC2=NNCN2c2ccccc21. The third-order valence-corrected chi connectivity index (χ3v) is 2.76. The van der Waals surface area contributed by atoms with Crippen molar-refractivity contribution in [3.8, 4) is 0 Å². The predicted molar refractivity (Wildman–Crippen MR) is 61.1 cm³/mol. The normalized spacial score (nSPS) is 18.3. The zero-order valence-corrected chi connectivity index (χ0v) is 8.27. The van der Waals surface area contributed by atoms with Crippen molar-refractivity contribution in [3.05, 3.63) is 35.9 Å². The highest BCUT2D eigenvalue weighted by atomic mass is 15.5. The third kappa shape index (κ3) is 1.18. The number of benzene rings is 1. The van der Waals surface area contributed by atoms with Gasteiger partial charge >= 0.3 is 0 Å². The minimum Gasteiger partial charge on any atom is -0.398 e. The van der Waals surface area contributed by atoms with Crippen LogP contribution in [0, 0.1) is 0 Å². The summed E-state index contributed by atoms with van der Waals surface area (Å²) in [4.78, 5) is 2.16. The van der Waals surface area contributed by atoms with Crippen LogP contribution in [0.4, 0.5) is 5.69 Å². The van der Waals surface area contributed by atoms with Gasteiger partial charge in [-0.15, -0.1) is 0 Å². The van der Waals surface area contributed by atoms with Crippen molar-refractivity contribution < 1.29 is 0 Å². The predicted octanol–water partition coefficient (Wildman–Crippen LogP) is 1.07. The van der Waals surface area contributed by atoms with Gasteiger partial charge in [-0.2, -0.15) is 5.10 Å². The topological polar surface area (TPSA) is 53.6 Å². The Morgan fingerprint density at radius 3 is 3.13 bits per heavy atom. The molecule has 0 spiro atoms. The Labute approximate surface area is 88.1 Å². The van der Waals surface area contributed by atoms with Gasteiger partial charge in [0.05, 0.1) is 5.69 Å². The van der Waals surface area contributed by atoms with Crippen molar-refractivity contribution in [1.82, 2.24) is 5.43 Å². The number of nitrogens with one attached hydrogen (secondary N) is 1. The second kappa shape index (κ2) is 3.02. The van der Waals surface area contributed by atoms with Crippen molar-refractivity contribution in [2.75, 3.05) is 11.6 Å². The molecule has 0 aliphatic carbocycles. The van der Waals surface area contributed by atoms with E-state index in [0.29, 0.717) is 0 Å². The molecule has 3 N–H and O–H groups in total. The van der Waals surface area contributed by atoms with E-state index in [1.807, 2.05) is 24.3 Å². The fourth-order valence-corrected chi connectivity index (χ4v) is 1.99. The van der Waals surface area contributed by atoms with Gasteiger partial charge < -0.3 is 10.6 Å². The van der Waals surface area contributed by atoms with Crippen LogP contribution in [0.3, 0.4) is 0 Å². The molecule has 15 heavy (non-hydrogen) atoms. The van der Waals surface area contributed by atoms with Gasteiger partial charge in [-0.25, -0.2) is 0 Å². The smallest absolute Gasteiger partial charge is 0.134 e. The fraction of sp³-hybridized carbons (Fsp3) is 0.182. The van der Waals surface area contributed by atoms with Crippen LogP contribution in [0.1, 0.15) is 12.0 Å². The van der Waals surface area contributed by atoms with Crippen LogP contribution >= 0.6 is 0 Å². The number of hydrogen-bond donors (Lipinski definition) is 2. The Kier molecular flexibility index (Phi) is 1.68. The van der Waals surface area contributed by atoms with Gasteiger partial charge in [-0.05, 0) is 6.07 Å². The van der Waals surface area contributed by atoms with E-state index >= 15 is 0 Å². The highest BCUT2D eigenvalue weighted by Crippen LogP contribution is 2.29. The molecule has 0 saturated carbocycles. The summed E-state index contributed by atoms with van der Waals surface area (Å²) in [6.45, 7) is 0.730. The first-order valence-electron chi connectivity index (χ1n) is 4.98. The van der Waals surface area contributed by atoms with Crippen molar-refractivity contribution in [2.24, 2.45) is 10.8 Å². The number of nitrogens with zero attached hydrogens (tertiary/aromatic N) is 2. The molecule has 0 fully saturated rings. The lowest BCUT2D eigenvalue weighted by Crippen LogP contribution is -2.28. The van der Waals surface area contributed by atoms with Crippen molar-refractivity contribution >= 4 is 17.2 Å². The van der Waals surface area contributed by atoms with E-state index in [0.717, 1.165) is 35.9 Å². The maximum atomic E-state index is 6.01. The van der Waals surface area contributed by atoms with E-state index in [1.165, 1.54) is 0 Å². The number of fused-ring (bicyclic) bond motifs is 3. The maximum Gasteiger partial charge on any atom is 0.134 e. The van der Waals surface area contributed by atoms with Crippen LogP contribution in [-0.4, -0.2) is 12.5 Å². The summed E-state index contributed by atoms with van der Waals surface area (Å²) in [6, 6.07) is 8.14. The summed E-state index contributed by atoms with van der Waals surface area (Å²) in [5.74, 6) is 1.03. The first-order valence-corrected chi connectivity index (χ1v) is 4.98. The Morgan fingerprint density at radius 1 is 1.33 bits per heavy atom. The number of hydrazone groups is 1. The van der Waals surface area contributed by atoms with Gasteiger partial charge in [-0.3, -0.25) is 5.43 Å². The van der Waals surface area contributed by atoms with Crippen molar-refractivity contribution in [1.29, 1.82) is 0 Å². The van der Waals surface area contributed by atoms with Crippen LogP contribution in [0.5, 0.6) is 0 Å². The van der Waals surface area contributed by atoms with Crippen LogP contribution in [0.2, 0.25) is 0 Å². The first-order chi connectivity index (χ1) is 7.36. The molecule has 0 radical (unpaired) electrons. The molecule has 2 aliphatic rings. The van der Waals surface area contributed by atoms with Crippen LogP contribution in [-0.2, 0) is 0 Å². The van der Waals surface area contributed by atoms with Gasteiger partial charge in [0.25, 0.3) is 0 Å². The molecule has 0 unspecified atom stereocenters. The molecule has 0 aromatic heterocycles. The lowest BCUT2D eigenvalue weighted by molar-refractivity contribution is 0.807. The monoisotopic (exact) mass is 200 g/mol. The lowest BCUT2D eigenvalue weighted by Gasteiger charge is -2.19. The first kappa shape index (κ1) is 8.35. The van der Waals surface area contributed by atoms with Gasteiger partial charge in [0, 0.05) is 17.7 Å². The van der Waals surface area contributed by atoms with E-state index in [-0.39, 0.29) is 0 Å². The molecule has 4 nitrogen and oxygen atoms in total. The number of para-hydroxylation sites is 1. The molecule has 1 aromatic carbocycles. The van der Waals surface area contributed by atoms with E-state index in [9.17, 15) is 0 Å². The number of anilines is 1. The zero-order chi connectivity index (χ0) is 10.3. The third-order valence-electron chi connectivity index (χ3n) is 2.76. The minimum absolute atomic E-state index is 0.730. The lowest BCUT2D eigenvalue weighted by atomic mass is 10.1. The molecular weight excluding hydrogens is 188 g/mol. The summed E-state index contributed by atoms with van der Waals surface area (Å²) < 4.78 is 0. The van der Waals surface area contributed by atoms with E-state index < -0.39 is 0 Å². The Balaban J connectivity index is 2.20. The molecule has 0 amide bonds. The molecule has 1 aromatic rings. The van der Waals surface area contributed by atoms with Crippen LogP contribution in [0.15, 0.2) is 35.4 Å². The summed E-state index contributed by atoms with van der Waals surface area (Å²) in [6.07, 6.45) is 2.80. The summed E-state index contributed by atoms with van der Waals surface area (Å²) in [7, 11) is 0. The van der Waals surface area contributed by atoms with E-state index in [1.54, 1.807) is 0 Å². The van der Waals surface area contributed by atoms with Crippen LogP contribution < -0.4 is 16.1 Å². The Bertz CT molecular complexity index is 461. The van der Waals surface area contributed by atoms with Gasteiger partial charge in [-0.1, -0.05) is 24.3 Å². The highest BCUT2D eigenvalue weighted by molar-refractivity contribution is 6.04. The molecule has 3 rings (SSSR count). The molecule has 0 atom stereocenters. The molecule has 2 aliphatic heterocycles. The average molecular weight is 200 g/mol. The molecule has 0 saturated heterocycles. The molecule has 4 heteroatoms. The summed E-state index contributed by atoms with van der Waals surface area (Å²) in [5.41, 5.74) is 12.1. The van der Waals surface area contributed by atoms with Gasteiger partial charge in [0.2, 0.25) is 0 Å².